The van der Waals surface area contributed by atoms with Crippen LogP contribution in [0, 0.1) is 5.92 Å². The molecule has 1 aromatic rings. The van der Waals surface area contributed by atoms with Gasteiger partial charge in [-0.2, -0.15) is 13.2 Å². The molecule has 9 heteroatoms. The molecule has 3 amide bonds. The Morgan fingerprint density at radius 1 is 1.17 bits per heavy atom. The number of piperidine rings is 1. The van der Waals surface area contributed by atoms with E-state index in [9.17, 15) is 22.8 Å². The number of carbonyl (C=O) groups excluding carboxylic acids is 2. The molecule has 3 saturated heterocycles. The lowest BCUT2D eigenvalue weighted by Gasteiger charge is -2.47. The predicted octanol–water partition coefficient (Wildman–Crippen LogP) is 2.45. The first-order chi connectivity index (χ1) is 13.7. The molecule has 3 atom stereocenters. The fourth-order valence-corrected chi connectivity index (χ4v) is 4.31. The number of nitrogens with zero attached hydrogens (tertiary/aromatic N) is 2. The van der Waals surface area contributed by atoms with Crippen molar-refractivity contribution in [2.45, 2.75) is 37.6 Å². The minimum atomic E-state index is -4.34. The molecular weight excluding hydrogens is 387 g/mol. The molecule has 0 bridgehead atoms. The van der Waals surface area contributed by atoms with Gasteiger partial charge in [0, 0.05) is 32.1 Å². The van der Waals surface area contributed by atoms with E-state index in [1.54, 1.807) is 9.80 Å². The van der Waals surface area contributed by atoms with E-state index < -0.39 is 11.7 Å². The summed E-state index contributed by atoms with van der Waals surface area (Å²) in [6.45, 7) is 4.24. The lowest BCUT2D eigenvalue weighted by Crippen LogP contribution is -2.64. The van der Waals surface area contributed by atoms with Crippen LogP contribution in [0.2, 0.25) is 0 Å². The summed E-state index contributed by atoms with van der Waals surface area (Å²) < 4.78 is 43.7. The highest BCUT2D eigenvalue weighted by molar-refractivity contribution is 5.79. The van der Waals surface area contributed by atoms with Crippen molar-refractivity contribution in [2.75, 3.05) is 32.8 Å². The predicted molar refractivity (Wildman–Crippen MR) is 98.2 cm³/mol. The van der Waals surface area contributed by atoms with E-state index in [0.717, 1.165) is 17.7 Å². The monoisotopic (exact) mass is 411 g/mol. The Labute approximate surface area is 167 Å². The van der Waals surface area contributed by atoms with Gasteiger partial charge in [-0.3, -0.25) is 4.79 Å². The zero-order chi connectivity index (χ0) is 20.8. The Balaban J connectivity index is 1.30. The van der Waals surface area contributed by atoms with Crippen molar-refractivity contribution in [1.82, 2.24) is 15.1 Å². The van der Waals surface area contributed by atoms with E-state index >= 15 is 0 Å². The Morgan fingerprint density at radius 2 is 1.86 bits per heavy atom. The normalized spacial score (nSPS) is 26.4. The maximum absolute atomic E-state index is 12.8. The SMILES string of the molecule is C[C@@H](c1ccc(C(F)(F)F)cc1)C1CN(C(=O)N2CC[C@@H]3OCC(=O)N[C@@H]3C2)C1. The van der Waals surface area contributed by atoms with Crippen LogP contribution in [-0.2, 0) is 15.7 Å². The van der Waals surface area contributed by atoms with Crippen molar-refractivity contribution in [3.8, 4) is 0 Å². The number of carbonyl (C=O) groups is 2. The smallest absolute Gasteiger partial charge is 0.366 e. The molecule has 0 spiro atoms. The number of benzene rings is 1. The first-order valence-electron chi connectivity index (χ1n) is 9.84. The summed E-state index contributed by atoms with van der Waals surface area (Å²) in [6.07, 6.45) is -3.69. The molecular formula is C20H24F3N3O3. The number of ether oxygens (including phenoxy) is 1. The molecule has 0 saturated carbocycles. The topological polar surface area (TPSA) is 61.9 Å². The van der Waals surface area contributed by atoms with Gasteiger partial charge >= 0.3 is 12.2 Å². The third-order valence-electron chi connectivity index (χ3n) is 6.25. The number of likely N-dealkylation sites (tertiary alicyclic amines) is 2. The van der Waals surface area contributed by atoms with Gasteiger partial charge in [-0.25, -0.2) is 4.79 Å². The lowest BCUT2D eigenvalue weighted by atomic mass is 9.82. The van der Waals surface area contributed by atoms with Gasteiger partial charge in [0.25, 0.3) is 0 Å². The second kappa shape index (κ2) is 7.51. The highest BCUT2D eigenvalue weighted by atomic mass is 19.4. The van der Waals surface area contributed by atoms with Gasteiger partial charge in [-0.1, -0.05) is 19.1 Å². The van der Waals surface area contributed by atoms with Crippen LogP contribution in [0.3, 0.4) is 0 Å². The van der Waals surface area contributed by atoms with E-state index in [1.807, 2.05) is 6.92 Å². The van der Waals surface area contributed by atoms with Crippen LogP contribution in [0.5, 0.6) is 0 Å². The molecule has 3 aliphatic heterocycles. The molecule has 1 aromatic carbocycles. The van der Waals surface area contributed by atoms with Crippen LogP contribution < -0.4 is 5.32 Å². The number of fused-ring (bicyclic) bond motifs is 1. The quantitative estimate of drug-likeness (QED) is 0.813. The molecule has 3 heterocycles. The number of alkyl halides is 3. The standard InChI is InChI=1S/C20H24F3N3O3/c1-12(13-2-4-15(5-3-13)20(21,22)23)14-8-26(9-14)19(28)25-7-6-17-16(10-25)24-18(27)11-29-17/h2-5,12,14,16-17H,6-11H2,1H3,(H,24,27)/t12-,16+,17-/m0/s1. The highest BCUT2D eigenvalue weighted by Crippen LogP contribution is 2.35. The summed E-state index contributed by atoms with van der Waals surface area (Å²) >= 11 is 0. The number of nitrogens with one attached hydrogen (secondary N) is 1. The zero-order valence-corrected chi connectivity index (χ0v) is 16.1. The minimum absolute atomic E-state index is 0.0411. The first-order valence-corrected chi connectivity index (χ1v) is 9.84. The maximum atomic E-state index is 12.8. The summed E-state index contributed by atoms with van der Waals surface area (Å²) in [4.78, 5) is 27.8. The van der Waals surface area contributed by atoms with Crippen LogP contribution in [-0.4, -0.2) is 66.7 Å². The average molecular weight is 411 g/mol. The van der Waals surface area contributed by atoms with E-state index in [4.69, 9.17) is 4.74 Å². The molecule has 0 unspecified atom stereocenters. The van der Waals surface area contributed by atoms with Crippen molar-refractivity contribution >= 4 is 11.9 Å². The molecule has 0 aromatic heterocycles. The fraction of sp³-hybridized carbons (Fsp3) is 0.600. The molecule has 3 fully saturated rings. The summed E-state index contributed by atoms with van der Waals surface area (Å²) in [6, 6.07) is 5.04. The van der Waals surface area contributed by atoms with Crippen LogP contribution in [0.4, 0.5) is 18.0 Å². The molecule has 3 aliphatic rings. The third-order valence-corrected chi connectivity index (χ3v) is 6.25. The number of rotatable bonds is 2. The van der Waals surface area contributed by atoms with Crippen molar-refractivity contribution in [1.29, 1.82) is 0 Å². The Bertz CT molecular complexity index is 777. The van der Waals surface area contributed by atoms with Crippen molar-refractivity contribution in [3.05, 3.63) is 35.4 Å². The van der Waals surface area contributed by atoms with E-state index in [2.05, 4.69) is 5.32 Å². The van der Waals surface area contributed by atoms with Crippen molar-refractivity contribution in [3.63, 3.8) is 0 Å². The number of amides is 3. The maximum Gasteiger partial charge on any atom is 0.416 e. The highest BCUT2D eigenvalue weighted by Gasteiger charge is 2.41. The number of hydrogen-bond donors (Lipinski definition) is 1. The first kappa shape index (κ1) is 20.0. The molecule has 1 N–H and O–H groups in total. The number of urea groups is 1. The lowest BCUT2D eigenvalue weighted by molar-refractivity contribution is -0.140. The second-order valence-corrected chi connectivity index (χ2v) is 8.11. The van der Waals surface area contributed by atoms with E-state index in [0.29, 0.717) is 32.6 Å². The number of halogens is 3. The molecule has 0 aliphatic carbocycles. The Hall–Kier alpha value is -2.29. The minimum Gasteiger partial charge on any atom is -0.366 e. The molecule has 4 rings (SSSR count). The summed E-state index contributed by atoms with van der Waals surface area (Å²) in [7, 11) is 0. The Morgan fingerprint density at radius 3 is 2.52 bits per heavy atom. The zero-order valence-electron chi connectivity index (χ0n) is 16.1. The summed E-state index contributed by atoms with van der Waals surface area (Å²) in [5.41, 5.74) is 0.194. The van der Waals surface area contributed by atoms with Crippen LogP contribution in [0.25, 0.3) is 0 Å². The molecule has 6 nitrogen and oxygen atoms in total. The molecule has 0 radical (unpaired) electrons. The van der Waals surface area contributed by atoms with Crippen LogP contribution in [0.1, 0.15) is 30.4 Å². The van der Waals surface area contributed by atoms with Crippen LogP contribution >= 0.6 is 0 Å². The van der Waals surface area contributed by atoms with Gasteiger partial charge in [0.1, 0.15) is 6.61 Å². The van der Waals surface area contributed by atoms with Gasteiger partial charge in [0.15, 0.2) is 0 Å². The van der Waals surface area contributed by atoms with Gasteiger partial charge in [0.05, 0.1) is 17.7 Å². The Kier molecular flexibility index (Phi) is 5.18. The third kappa shape index (κ3) is 4.05. The van der Waals surface area contributed by atoms with Crippen molar-refractivity contribution < 1.29 is 27.5 Å². The molecule has 29 heavy (non-hydrogen) atoms. The fourth-order valence-electron chi connectivity index (χ4n) is 4.31. The summed E-state index contributed by atoms with van der Waals surface area (Å²) in [5, 5.41) is 2.89. The molecule has 158 valence electrons. The van der Waals surface area contributed by atoms with Gasteiger partial charge in [-0.05, 0) is 30.0 Å². The van der Waals surface area contributed by atoms with Gasteiger partial charge in [0.2, 0.25) is 5.91 Å². The summed E-state index contributed by atoms with van der Waals surface area (Å²) in [5.74, 6) is 0.124. The van der Waals surface area contributed by atoms with E-state index in [1.165, 1.54) is 12.1 Å². The van der Waals surface area contributed by atoms with Crippen LogP contribution in [0.15, 0.2) is 24.3 Å². The number of morpholine rings is 1. The van der Waals surface area contributed by atoms with Gasteiger partial charge in [-0.15, -0.1) is 0 Å². The number of hydrogen-bond acceptors (Lipinski definition) is 3. The largest absolute Gasteiger partial charge is 0.416 e. The van der Waals surface area contributed by atoms with E-state index in [-0.39, 0.29) is 42.5 Å². The average Bonchev–Trinajstić information content (AvgIpc) is 2.65. The van der Waals surface area contributed by atoms with Crippen molar-refractivity contribution in [2.24, 2.45) is 5.92 Å². The van der Waals surface area contributed by atoms with Gasteiger partial charge < -0.3 is 19.9 Å². The second-order valence-electron chi connectivity index (χ2n) is 8.11.